The molecule has 0 saturated heterocycles. The highest BCUT2D eigenvalue weighted by Crippen LogP contribution is 2.16. The van der Waals surface area contributed by atoms with Crippen molar-refractivity contribution in [1.82, 2.24) is 10.2 Å². The van der Waals surface area contributed by atoms with E-state index in [4.69, 9.17) is 5.11 Å². The van der Waals surface area contributed by atoms with Crippen molar-refractivity contribution in [2.45, 2.75) is 13.0 Å². The number of fused-ring (bicyclic) bond motifs is 1. The fraction of sp³-hybridized carbons (Fsp3) is 0.250. The lowest BCUT2D eigenvalue weighted by Gasteiger charge is -2.18. The molecule has 2 rings (SSSR count). The summed E-state index contributed by atoms with van der Waals surface area (Å²) in [6, 6.07) is 13.8. The molecule has 0 atom stereocenters. The maximum atomic E-state index is 11.8. The highest BCUT2D eigenvalue weighted by molar-refractivity contribution is 5.83. The monoisotopic (exact) mass is 286 g/mol. The number of nitrogens with one attached hydrogen (secondary N) is 1. The van der Waals surface area contributed by atoms with Crippen LogP contribution in [0.25, 0.3) is 10.8 Å². The molecule has 2 aromatic rings. The zero-order valence-corrected chi connectivity index (χ0v) is 11.9. The second-order valence-electron chi connectivity index (χ2n) is 4.91. The van der Waals surface area contributed by atoms with E-state index in [0.717, 1.165) is 16.3 Å². The lowest BCUT2D eigenvalue weighted by Crippen LogP contribution is -2.37. The van der Waals surface area contributed by atoms with Gasteiger partial charge in [0.15, 0.2) is 0 Å². The maximum absolute atomic E-state index is 11.8. The van der Waals surface area contributed by atoms with Crippen LogP contribution in [0.5, 0.6) is 0 Å². The highest BCUT2D eigenvalue weighted by atomic mass is 16.4. The number of amides is 2. The SMILES string of the molecule is CN(Cc1ccc2ccccc2c1)C(=O)NCCC(=O)O. The molecule has 0 unspecified atom stereocenters. The second-order valence-corrected chi connectivity index (χ2v) is 4.91. The van der Waals surface area contributed by atoms with Crippen molar-refractivity contribution in [3.05, 3.63) is 48.0 Å². The van der Waals surface area contributed by atoms with Crippen molar-refractivity contribution >= 4 is 22.8 Å². The van der Waals surface area contributed by atoms with E-state index in [1.165, 1.54) is 4.90 Å². The predicted octanol–water partition coefficient (Wildman–Crippen LogP) is 2.46. The molecule has 0 saturated carbocycles. The van der Waals surface area contributed by atoms with Crippen molar-refractivity contribution in [1.29, 1.82) is 0 Å². The minimum atomic E-state index is -0.924. The van der Waals surface area contributed by atoms with Gasteiger partial charge in [-0.15, -0.1) is 0 Å². The van der Waals surface area contributed by atoms with Gasteiger partial charge >= 0.3 is 12.0 Å². The summed E-state index contributed by atoms with van der Waals surface area (Å²) in [7, 11) is 1.69. The van der Waals surface area contributed by atoms with E-state index < -0.39 is 5.97 Å². The Morgan fingerprint density at radius 3 is 2.57 bits per heavy atom. The van der Waals surface area contributed by atoms with Gasteiger partial charge in [-0.05, 0) is 22.4 Å². The third-order valence-corrected chi connectivity index (χ3v) is 3.20. The second kappa shape index (κ2) is 6.74. The van der Waals surface area contributed by atoms with Crippen LogP contribution in [0, 0.1) is 0 Å². The topological polar surface area (TPSA) is 69.6 Å². The molecule has 0 bridgehead atoms. The number of carbonyl (C=O) groups excluding carboxylic acids is 1. The summed E-state index contributed by atoms with van der Waals surface area (Å²) >= 11 is 0. The Morgan fingerprint density at radius 1 is 1.14 bits per heavy atom. The van der Waals surface area contributed by atoms with Crippen LogP contribution < -0.4 is 5.32 Å². The minimum Gasteiger partial charge on any atom is -0.481 e. The Morgan fingerprint density at radius 2 is 1.86 bits per heavy atom. The van der Waals surface area contributed by atoms with Gasteiger partial charge in [-0.3, -0.25) is 4.79 Å². The number of rotatable bonds is 5. The summed E-state index contributed by atoms with van der Waals surface area (Å²) in [5.41, 5.74) is 1.03. The summed E-state index contributed by atoms with van der Waals surface area (Å²) in [6.45, 7) is 0.611. The van der Waals surface area contributed by atoms with Crippen LogP contribution >= 0.6 is 0 Å². The van der Waals surface area contributed by atoms with Crippen LogP contribution in [-0.4, -0.2) is 35.6 Å². The number of nitrogens with zero attached hydrogens (tertiary/aromatic N) is 1. The number of benzene rings is 2. The fourth-order valence-electron chi connectivity index (χ4n) is 2.09. The molecule has 110 valence electrons. The fourth-order valence-corrected chi connectivity index (χ4v) is 2.09. The minimum absolute atomic E-state index is 0.0739. The number of aliphatic carboxylic acids is 1. The van der Waals surface area contributed by atoms with E-state index in [-0.39, 0.29) is 19.0 Å². The standard InChI is InChI=1S/C16H18N2O3/c1-18(16(21)17-9-8-15(19)20)11-12-6-7-13-4-2-3-5-14(13)10-12/h2-7,10H,8-9,11H2,1H3,(H,17,21)(H,19,20). The summed E-state index contributed by atoms with van der Waals surface area (Å²) in [4.78, 5) is 23.7. The van der Waals surface area contributed by atoms with Gasteiger partial charge in [0, 0.05) is 20.1 Å². The Balaban J connectivity index is 1.95. The molecule has 0 aliphatic heterocycles. The van der Waals surface area contributed by atoms with Gasteiger partial charge in [-0.25, -0.2) is 4.79 Å². The smallest absolute Gasteiger partial charge is 0.317 e. The van der Waals surface area contributed by atoms with Crippen LogP contribution in [0.3, 0.4) is 0 Å². The predicted molar refractivity (Wildman–Crippen MR) is 81.1 cm³/mol. The highest BCUT2D eigenvalue weighted by Gasteiger charge is 2.09. The van der Waals surface area contributed by atoms with Crippen molar-refractivity contribution in [3.8, 4) is 0 Å². The zero-order chi connectivity index (χ0) is 15.2. The van der Waals surface area contributed by atoms with E-state index in [1.54, 1.807) is 7.05 Å². The van der Waals surface area contributed by atoms with Gasteiger partial charge in [0.1, 0.15) is 0 Å². The Kier molecular flexibility index (Phi) is 4.77. The van der Waals surface area contributed by atoms with Crippen molar-refractivity contribution < 1.29 is 14.7 Å². The normalized spacial score (nSPS) is 10.3. The summed E-state index contributed by atoms with van der Waals surface area (Å²) < 4.78 is 0. The molecule has 2 aromatic carbocycles. The first-order valence-electron chi connectivity index (χ1n) is 6.74. The number of urea groups is 1. The third-order valence-electron chi connectivity index (χ3n) is 3.20. The number of carboxylic acids is 1. The van der Waals surface area contributed by atoms with Crippen LogP contribution in [0.15, 0.2) is 42.5 Å². The molecule has 2 N–H and O–H groups in total. The van der Waals surface area contributed by atoms with Gasteiger partial charge in [0.25, 0.3) is 0 Å². The van der Waals surface area contributed by atoms with Crippen molar-refractivity contribution in [3.63, 3.8) is 0 Å². The number of carboxylic acid groups (broad SMARTS) is 1. The van der Waals surface area contributed by atoms with Crippen LogP contribution in [0.1, 0.15) is 12.0 Å². The lowest BCUT2D eigenvalue weighted by molar-refractivity contribution is -0.136. The maximum Gasteiger partial charge on any atom is 0.317 e. The molecule has 0 fully saturated rings. The lowest BCUT2D eigenvalue weighted by atomic mass is 10.1. The molecule has 0 radical (unpaired) electrons. The van der Waals surface area contributed by atoms with Crippen molar-refractivity contribution in [2.75, 3.05) is 13.6 Å². The summed E-state index contributed by atoms with van der Waals surface area (Å²) in [5, 5.41) is 13.4. The largest absolute Gasteiger partial charge is 0.481 e. The Hall–Kier alpha value is -2.56. The van der Waals surface area contributed by atoms with Gasteiger partial charge in [-0.1, -0.05) is 36.4 Å². The Labute approximate surface area is 123 Å². The zero-order valence-electron chi connectivity index (χ0n) is 11.9. The molecular weight excluding hydrogens is 268 g/mol. The summed E-state index contributed by atoms with van der Waals surface area (Å²) in [6.07, 6.45) is -0.0739. The molecule has 5 nitrogen and oxygen atoms in total. The first kappa shape index (κ1) is 14.8. The average molecular weight is 286 g/mol. The molecule has 5 heteroatoms. The van der Waals surface area contributed by atoms with Crippen LogP contribution in [0.2, 0.25) is 0 Å². The Bertz CT molecular complexity index is 655. The first-order chi connectivity index (χ1) is 10.1. The molecule has 21 heavy (non-hydrogen) atoms. The third kappa shape index (κ3) is 4.21. The molecule has 0 aromatic heterocycles. The van der Waals surface area contributed by atoms with Gasteiger partial charge in [0.2, 0.25) is 0 Å². The summed E-state index contributed by atoms with van der Waals surface area (Å²) in [5.74, 6) is -0.924. The van der Waals surface area contributed by atoms with E-state index in [0.29, 0.717) is 6.54 Å². The van der Waals surface area contributed by atoms with Crippen molar-refractivity contribution in [2.24, 2.45) is 0 Å². The van der Waals surface area contributed by atoms with Gasteiger partial charge in [-0.2, -0.15) is 0 Å². The molecule has 0 aliphatic carbocycles. The molecule has 2 amide bonds. The van der Waals surface area contributed by atoms with Crippen LogP contribution in [-0.2, 0) is 11.3 Å². The van der Waals surface area contributed by atoms with E-state index >= 15 is 0 Å². The number of hydrogen-bond acceptors (Lipinski definition) is 2. The van der Waals surface area contributed by atoms with Crippen LogP contribution in [0.4, 0.5) is 4.79 Å². The van der Waals surface area contributed by atoms with E-state index in [9.17, 15) is 9.59 Å². The van der Waals surface area contributed by atoms with E-state index in [2.05, 4.69) is 11.4 Å². The first-order valence-corrected chi connectivity index (χ1v) is 6.74. The molecule has 0 heterocycles. The quantitative estimate of drug-likeness (QED) is 0.887. The number of carbonyl (C=O) groups is 2. The van der Waals surface area contributed by atoms with Gasteiger partial charge in [0.05, 0.1) is 6.42 Å². The molecule has 0 spiro atoms. The average Bonchev–Trinajstić information content (AvgIpc) is 2.46. The van der Waals surface area contributed by atoms with Gasteiger partial charge < -0.3 is 15.3 Å². The molecular formula is C16H18N2O3. The molecule has 0 aliphatic rings. The number of hydrogen-bond donors (Lipinski definition) is 2. The van der Waals surface area contributed by atoms with E-state index in [1.807, 2.05) is 36.4 Å².